The quantitative estimate of drug-likeness (QED) is 0.900. The van der Waals surface area contributed by atoms with Gasteiger partial charge in [-0.3, -0.25) is 4.79 Å². The number of carbonyl (C=O) groups excluding carboxylic acids is 1. The van der Waals surface area contributed by atoms with Crippen LogP contribution >= 0.6 is 27.5 Å². The molecule has 0 saturated carbocycles. The normalized spacial score (nSPS) is 10.2. The van der Waals surface area contributed by atoms with Crippen LogP contribution in [0.3, 0.4) is 0 Å². The second kappa shape index (κ2) is 6.77. The van der Waals surface area contributed by atoms with Gasteiger partial charge in [0.15, 0.2) is 0 Å². The van der Waals surface area contributed by atoms with Gasteiger partial charge in [0.1, 0.15) is 5.75 Å². The van der Waals surface area contributed by atoms with Gasteiger partial charge in [0, 0.05) is 16.6 Å². The zero-order valence-electron chi connectivity index (χ0n) is 10.8. The Balaban J connectivity index is 2.07. The van der Waals surface area contributed by atoms with Crippen molar-refractivity contribution in [2.75, 3.05) is 7.11 Å². The summed E-state index contributed by atoms with van der Waals surface area (Å²) in [5, 5.41) is 3.34. The molecular formula is C15H13BrClNO2. The molecule has 20 heavy (non-hydrogen) atoms. The van der Waals surface area contributed by atoms with E-state index < -0.39 is 0 Å². The van der Waals surface area contributed by atoms with Gasteiger partial charge in [0.25, 0.3) is 5.91 Å². The number of methoxy groups -OCH3 is 1. The molecule has 2 rings (SSSR count). The fraction of sp³-hybridized carbons (Fsp3) is 0.133. The fourth-order valence-electron chi connectivity index (χ4n) is 1.72. The van der Waals surface area contributed by atoms with Gasteiger partial charge in [-0.25, -0.2) is 0 Å². The Hall–Kier alpha value is -1.52. The average Bonchev–Trinajstić information content (AvgIpc) is 2.46. The minimum Gasteiger partial charge on any atom is -0.495 e. The molecule has 0 spiro atoms. The molecule has 0 aliphatic heterocycles. The van der Waals surface area contributed by atoms with Gasteiger partial charge in [0.2, 0.25) is 0 Å². The molecule has 0 aliphatic rings. The summed E-state index contributed by atoms with van der Waals surface area (Å²) >= 11 is 9.38. The van der Waals surface area contributed by atoms with E-state index in [1.165, 1.54) is 7.11 Å². The Kier molecular flexibility index (Phi) is 5.04. The number of rotatable bonds is 4. The topological polar surface area (TPSA) is 38.3 Å². The molecule has 0 unspecified atom stereocenters. The Labute approximate surface area is 131 Å². The van der Waals surface area contributed by atoms with E-state index in [0.717, 1.165) is 10.0 Å². The van der Waals surface area contributed by atoms with Crippen molar-refractivity contribution in [3.63, 3.8) is 0 Å². The van der Waals surface area contributed by atoms with Crippen LogP contribution in [0.15, 0.2) is 46.9 Å². The summed E-state index contributed by atoms with van der Waals surface area (Å²) in [7, 11) is 1.52. The zero-order valence-corrected chi connectivity index (χ0v) is 13.2. The Bertz CT molecular complexity index is 631. The zero-order chi connectivity index (χ0) is 14.5. The lowest BCUT2D eigenvalue weighted by Gasteiger charge is -2.09. The van der Waals surface area contributed by atoms with Crippen LogP contribution in [-0.2, 0) is 6.54 Å². The molecule has 0 atom stereocenters. The molecule has 0 saturated heterocycles. The van der Waals surface area contributed by atoms with Crippen LogP contribution in [0.4, 0.5) is 0 Å². The van der Waals surface area contributed by atoms with Crippen LogP contribution in [0.1, 0.15) is 15.9 Å². The number of carbonyl (C=O) groups is 1. The van der Waals surface area contributed by atoms with E-state index >= 15 is 0 Å². The molecule has 2 aromatic rings. The lowest BCUT2D eigenvalue weighted by molar-refractivity contribution is 0.0950. The predicted molar refractivity (Wildman–Crippen MR) is 83.3 cm³/mol. The molecule has 0 aliphatic carbocycles. The molecule has 0 fully saturated rings. The Morgan fingerprint density at radius 1 is 1.30 bits per heavy atom. The van der Waals surface area contributed by atoms with Crippen LogP contribution in [-0.4, -0.2) is 13.0 Å². The van der Waals surface area contributed by atoms with Crippen LogP contribution < -0.4 is 10.1 Å². The number of halogens is 2. The van der Waals surface area contributed by atoms with Crippen molar-refractivity contribution in [2.45, 2.75) is 6.54 Å². The van der Waals surface area contributed by atoms with Crippen LogP contribution in [0, 0.1) is 0 Å². The fourth-order valence-corrected chi connectivity index (χ4v) is 2.34. The van der Waals surface area contributed by atoms with E-state index in [4.69, 9.17) is 16.3 Å². The van der Waals surface area contributed by atoms with Crippen molar-refractivity contribution < 1.29 is 9.53 Å². The number of hydrogen-bond acceptors (Lipinski definition) is 2. The van der Waals surface area contributed by atoms with Crippen LogP contribution in [0.5, 0.6) is 5.75 Å². The van der Waals surface area contributed by atoms with Gasteiger partial charge in [-0.15, -0.1) is 0 Å². The van der Waals surface area contributed by atoms with Gasteiger partial charge in [-0.1, -0.05) is 45.7 Å². The summed E-state index contributed by atoms with van der Waals surface area (Å²) in [5.74, 6) is 0.316. The molecule has 3 nitrogen and oxygen atoms in total. The summed E-state index contributed by atoms with van der Waals surface area (Å²) in [5.41, 5.74) is 1.53. The Morgan fingerprint density at radius 3 is 2.75 bits per heavy atom. The van der Waals surface area contributed by atoms with Gasteiger partial charge in [-0.2, -0.15) is 0 Å². The SMILES string of the molecule is COc1cc(C(=O)NCc2ccccc2Br)ccc1Cl. The van der Waals surface area contributed by atoms with E-state index in [2.05, 4.69) is 21.2 Å². The van der Waals surface area contributed by atoms with E-state index in [-0.39, 0.29) is 5.91 Å². The number of ether oxygens (including phenoxy) is 1. The second-order valence-electron chi connectivity index (χ2n) is 4.12. The third-order valence-corrected chi connectivity index (χ3v) is 3.90. The number of benzene rings is 2. The number of hydrogen-bond donors (Lipinski definition) is 1. The molecule has 0 aromatic heterocycles. The van der Waals surface area contributed by atoms with Crippen molar-refractivity contribution in [1.29, 1.82) is 0 Å². The van der Waals surface area contributed by atoms with Gasteiger partial charge >= 0.3 is 0 Å². The van der Waals surface area contributed by atoms with E-state index in [1.807, 2.05) is 24.3 Å². The average molecular weight is 355 g/mol. The minimum atomic E-state index is -0.171. The molecule has 1 N–H and O–H groups in total. The van der Waals surface area contributed by atoms with Crippen molar-refractivity contribution >= 4 is 33.4 Å². The molecule has 0 radical (unpaired) electrons. The maximum atomic E-state index is 12.1. The standard InChI is InChI=1S/C15H13BrClNO2/c1-20-14-8-10(6-7-13(14)17)15(19)18-9-11-4-2-3-5-12(11)16/h2-8H,9H2,1H3,(H,18,19). The maximum absolute atomic E-state index is 12.1. The lowest BCUT2D eigenvalue weighted by Crippen LogP contribution is -2.22. The molecule has 104 valence electrons. The highest BCUT2D eigenvalue weighted by atomic mass is 79.9. The molecule has 2 aromatic carbocycles. The third kappa shape index (κ3) is 3.52. The second-order valence-corrected chi connectivity index (χ2v) is 5.38. The first kappa shape index (κ1) is 14.9. The first-order valence-corrected chi connectivity index (χ1v) is 7.14. The van der Waals surface area contributed by atoms with Crippen LogP contribution in [0.2, 0.25) is 5.02 Å². The van der Waals surface area contributed by atoms with Crippen molar-refractivity contribution in [2.24, 2.45) is 0 Å². The number of nitrogens with one attached hydrogen (secondary N) is 1. The van der Waals surface area contributed by atoms with E-state index in [1.54, 1.807) is 18.2 Å². The minimum absolute atomic E-state index is 0.171. The molecule has 0 heterocycles. The van der Waals surface area contributed by atoms with Crippen molar-refractivity contribution in [1.82, 2.24) is 5.32 Å². The monoisotopic (exact) mass is 353 g/mol. The first-order valence-electron chi connectivity index (χ1n) is 5.97. The summed E-state index contributed by atoms with van der Waals surface area (Å²) in [6.07, 6.45) is 0. The molecule has 0 bridgehead atoms. The lowest BCUT2D eigenvalue weighted by atomic mass is 10.2. The summed E-state index contributed by atoms with van der Waals surface area (Å²) in [6, 6.07) is 12.7. The molecule has 1 amide bonds. The van der Waals surface area contributed by atoms with Gasteiger partial charge in [0.05, 0.1) is 12.1 Å². The van der Waals surface area contributed by atoms with Crippen LogP contribution in [0.25, 0.3) is 0 Å². The molecule has 5 heteroatoms. The summed E-state index contributed by atoms with van der Waals surface area (Å²) < 4.78 is 6.06. The number of amides is 1. The van der Waals surface area contributed by atoms with Crippen molar-refractivity contribution in [3.05, 3.63) is 63.1 Å². The highest BCUT2D eigenvalue weighted by molar-refractivity contribution is 9.10. The summed E-state index contributed by atoms with van der Waals surface area (Å²) in [4.78, 5) is 12.1. The van der Waals surface area contributed by atoms with Crippen molar-refractivity contribution in [3.8, 4) is 5.75 Å². The highest BCUT2D eigenvalue weighted by Crippen LogP contribution is 2.25. The highest BCUT2D eigenvalue weighted by Gasteiger charge is 2.09. The van der Waals surface area contributed by atoms with Gasteiger partial charge in [-0.05, 0) is 29.8 Å². The van der Waals surface area contributed by atoms with E-state index in [0.29, 0.717) is 22.9 Å². The van der Waals surface area contributed by atoms with Gasteiger partial charge < -0.3 is 10.1 Å². The predicted octanol–water partition coefficient (Wildman–Crippen LogP) is 4.04. The third-order valence-electron chi connectivity index (χ3n) is 2.81. The van der Waals surface area contributed by atoms with E-state index in [9.17, 15) is 4.79 Å². The maximum Gasteiger partial charge on any atom is 0.251 e. The first-order chi connectivity index (χ1) is 9.61. The molecular weight excluding hydrogens is 342 g/mol. The largest absolute Gasteiger partial charge is 0.495 e. The summed E-state index contributed by atoms with van der Waals surface area (Å²) in [6.45, 7) is 0.450. The Morgan fingerprint density at radius 2 is 2.05 bits per heavy atom. The smallest absolute Gasteiger partial charge is 0.251 e.